The highest BCUT2D eigenvalue weighted by Gasteiger charge is 2.39. The van der Waals surface area contributed by atoms with Gasteiger partial charge in [0.15, 0.2) is 12.4 Å². The molecule has 34 heavy (non-hydrogen) atoms. The van der Waals surface area contributed by atoms with Crippen molar-refractivity contribution in [2.45, 2.75) is 45.1 Å². The molecule has 182 valence electrons. The molecule has 1 amide bonds. The van der Waals surface area contributed by atoms with Gasteiger partial charge in [-0.2, -0.15) is 4.73 Å². The molecule has 7 nitrogen and oxygen atoms in total. The summed E-state index contributed by atoms with van der Waals surface area (Å²) in [5, 5.41) is 16.0. The second-order valence-electron chi connectivity index (χ2n) is 9.40. The zero-order valence-corrected chi connectivity index (χ0v) is 21.5. The Morgan fingerprint density at radius 3 is 2.44 bits per heavy atom. The lowest BCUT2D eigenvalue weighted by atomic mass is 9.82. The van der Waals surface area contributed by atoms with Crippen LogP contribution in [0, 0.1) is 11.1 Å². The van der Waals surface area contributed by atoms with Crippen LogP contribution in [0.5, 0.6) is 0 Å². The molecule has 0 N–H and O–H groups in total. The molecule has 2 fully saturated rings. The lowest BCUT2D eigenvalue weighted by Crippen LogP contribution is -2.56. The maximum absolute atomic E-state index is 12.8. The van der Waals surface area contributed by atoms with E-state index in [1.165, 1.54) is 12.4 Å². The first-order valence-corrected chi connectivity index (χ1v) is 12.9. The molecule has 0 atom stereocenters. The second kappa shape index (κ2) is 10.9. The number of benzene rings is 1. The number of hydrogen-bond acceptors (Lipinski definition) is 5. The Balaban J connectivity index is 1.36. The van der Waals surface area contributed by atoms with Crippen molar-refractivity contribution < 1.29 is 14.4 Å². The lowest BCUT2D eigenvalue weighted by molar-refractivity contribution is -0.605. The van der Waals surface area contributed by atoms with Gasteiger partial charge in [-0.15, -0.1) is 0 Å². The van der Waals surface area contributed by atoms with E-state index in [9.17, 15) is 10.0 Å². The number of amides is 1. The average molecular weight is 529 g/mol. The molecule has 0 spiro atoms. The van der Waals surface area contributed by atoms with Crippen LogP contribution >= 0.6 is 15.9 Å². The number of halogens is 1. The third kappa shape index (κ3) is 5.61. The summed E-state index contributed by atoms with van der Waals surface area (Å²) in [6.45, 7) is 8.27. The summed E-state index contributed by atoms with van der Waals surface area (Å²) >= 11 is 3.51. The number of aromatic nitrogens is 1. The van der Waals surface area contributed by atoms with Crippen LogP contribution < -0.4 is 4.73 Å². The molecule has 8 heteroatoms. The average Bonchev–Trinajstić information content (AvgIpc) is 2.86. The standard InChI is InChI=1S/C26H33BrN4O3/c1-3-34-28-24(20-6-8-23(27)9-7-20)21-10-15-30(16-11-21)26(2)12-17-29(18-13-26)25(32)22-5-4-14-31(33)19-22/h4-9,14,19,21H,3,10-13,15-18H2,1-2H3/b28-24-. The molecule has 1 aromatic carbocycles. The van der Waals surface area contributed by atoms with E-state index in [-0.39, 0.29) is 11.4 Å². The molecule has 0 bridgehead atoms. The van der Waals surface area contributed by atoms with E-state index in [1.807, 2.05) is 24.0 Å². The van der Waals surface area contributed by atoms with Gasteiger partial charge in [-0.1, -0.05) is 33.2 Å². The third-order valence-electron chi connectivity index (χ3n) is 7.23. The van der Waals surface area contributed by atoms with Crippen LogP contribution in [0.1, 0.15) is 55.5 Å². The van der Waals surface area contributed by atoms with E-state index in [0.29, 0.717) is 35.9 Å². The highest BCUT2D eigenvalue weighted by molar-refractivity contribution is 9.10. The predicted molar refractivity (Wildman–Crippen MR) is 136 cm³/mol. The summed E-state index contributed by atoms with van der Waals surface area (Å²) in [5.41, 5.74) is 2.69. The number of nitrogens with zero attached hydrogens (tertiary/aromatic N) is 4. The molecule has 0 unspecified atom stereocenters. The van der Waals surface area contributed by atoms with Gasteiger partial charge < -0.3 is 14.9 Å². The molecule has 2 saturated heterocycles. The van der Waals surface area contributed by atoms with Crippen molar-refractivity contribution in [2.75, 3.05) is 32.8 Å². The molecule has 2 aliphatic heterocycles. The first kappa shape index (κ1) is 24.7. The number of carbonyl (C=O) groups is 1. The Hall–Kier alpha value is -2.45. The molecule has 0 aliphatic carbocycles. The second-order valence-corrected chi connectivity index (χ2v) is 10.3. The van der Waals surface area contributed by atoms with E-state index in [1.54, 1.807) is 12.1 Å². The number of piperidine rings is 2. The molecule has 2 aliphatic rings. The topological polar surface area (TPSA) is 72.1 Å². The molecule has 3 heterocycles. The van der Waals surface area contributed by atoms with Crippen LogP contribution in [-0.4, -0.2) is 59.7 Å². The Labute approximate surface area is 210 Å². The number of pyridine rings is 1. The fourth-order valence-corrected chi connectivity index (χ4v) is 5.35. The normalized spacial score (nSPS) is 19.7. The van der Waals surface area contributed by atoms with E-state index < -0.39 is 0 Å². The number of oxime groups is 1. The van der Waals surface area contributed by atoms with E-state index in [2.05, 4.69) is 45.0 Å². The minimum Gasteiger partial charge on any atom is -0.619 e. The highest BCUT2D eigenvalue weighted by atomic mass is 79.9. The van der Waals surface area contributed by atoms with Crippen molar-refractivity contribution in [3.63, 3.8) is 0 Å². The number of rotatable bonds is 6. The first-order chi connectivity index (χ1) is 16.4. The summed E-state index contributed by atoms with van der Waals surface area (Å²) in [7, 11) is 0. The zero-order chi connectivity index (χ0) is 24.1. The molecule has 4 rings (SSSR count). The minimum atomic E-state index is -0.0581. The molecule has 0 saturated carbocycles. The van der Waals surface area contributed by atoms with Gasteiger partial charge in [0.25, 0.3) is 5.91 Å². The highest BCUT2D eigenvalue weighted by Crippen LogP contribution is 2.34. The monoisotopic (exact) mass is 528 g/mol. The van der Waals surface area contributed by atoms with Crippen LogP contribution in [-0.2, 0) is 4.84 Å². The summed E-state index contributed by atoms with van der Waals surface area (Å²) in [6.07, 6.45) is 6.69. The van der Waals surface area contributed by atoms with Crippen molar-refractivity contribution in [2.24, 2.45) is 11.1 Å². The fraction of sp³-hybridized carbons (Fsp3) is 0.500. The van der Waals surface area contributed by atoms with Crippen LogP contribution in [0.2, 0.25) is 0 Å². The van der Waals surface area contributed by atoms with Gasteiger partial charge in [0.1, 0.15) is 12.2 Å². The smallest absolute Gasteiger partial charge is 0.259 e. The number of carbonyl (C=O) groups excluding carboxylic acids is 1. The van der Waals surface area contributed by atoms with Gasteiger partial charge in [-0.05, 0) is 76.4 Å². The van der Waals surface area contributed by atoms with Crippen molar-refractivity contribution >= 4 is 27.5 Å². The minimum absolute atomic E-state index is 0.0581. The van der Waals surface area contributed by atoms with Crippen LogP contribution in [0.3, 0.4) is 0 Å². The summed E-state index contributed by atoms with van der Waals surface area (Å²) in [5.74, 6) is 0.309. The third-order valence-corrected chi connectivity index (χ3v) is 7.76. The maximum Gasteiger partial charge on any atom is 0.259 e. The van der Waals surface area contributed by atoms with Crippen molar-refractivity contribution in [3.05, 3.63) is 69.6 Å². The van der Waals surface area contributed by atoms with Gasteiger partial charge >= 0.3 is 0 Å². The number of hydrogen-bond donors (Lipinski definition) is 0. The lowest BCUT2D eigenvalue weighted by Gasteiger charge is -2.49. The SMILES string of the molecule is CCO/N=C(/c1ccc(Br)cc1)C1CCN(C2(C)CCN(C(=O)c3ccc[n+]([O-])c3)CC2)CC1. The molecular formula is C26H33BrN4O3. The Morgan fingerprint density at radius 2 is 1.82 bits per heavy atom. The van der Waals surface area contributed by atoms with Crippen LogP contribution in [0.4, 0.5) is 0 Å². The van der Waals surface area contributed by atoms with E-state index in [0.717, 1.165) is 54.5 Å². The van der Waals surface area contributed by atoms with Crippen LogP contribution in [0.25, 0.3) is 0 Å². The largest absolute Gasteiger partial charge is 0.619 e. The molecule has 1 aromatic heterocycles. The fourth-order valence-electron chi connectivity index (χ4n) is 5.08. The van der Waals surface area contributed by atoms with E-state index in [4.69, 9.17) is 4.84 Å². The summed E-state index contributed by atoms with van der Waals surface area (Å²) in [6, 6.07) is 11.6. The van der Waals surface area contributed by atoms with Gasteiger partial charge in [-0.3, -0.25) is 9.69 Å². The maximum atomic E-state index is 12.8. The zero-order valence-electron chi connectivity index (χ0n) is 20.0. The Bertz CT molecular complexity index is 1010. The van der Waals surface area contributed by atoms with E-state index >= 15 is 0 Å². The van der Waals surface area contributed by atoms with Gasteiger partial charge in [0, 0.05) is 35.1 Å². The predicted octanol–water partition coefficient (Wildman–Crippen LogP) is 4.23. The van der Waals surface area contributed by atoms with Gasteiger partial charge in [-0.25, -0.2) is 0 Å². The Morgan fingerprint density at radius 1 is 1.15 bits per heavy atom. The molecule has 0 radical (unpaired) electrons. The van der Waals surface area contributed by atoms with Crippen molar-refractivity contribution in [1.29, 1.82) is 0 Å². The van der Waals surface area contributed by atoms with Crippen molar-refractivity contribution in [3.8, 4) is 0 Å². The number of likely N-dealkylation sites (tertiary alicyclic amines) is 2. The summed E-state index contributed by atoms with van der Waals surface area (Å²) < 4.78 is 1.74. The van der Waals surface area contributed by atoms with Crippen LogP contribution in [0.15, 0.2) is 58.4 Å². The molecule has 2 aromatic rings. The van der Waals surface area contributed by atoms with Crippen molar-refractivity contribution in [1.82, 2.24) is 9.80 Å². The molecular weight excluding hydrogens is 496 g/mol. The van der Waals surface area contributed by atoms with Gasteiger partial charge in [0.2, 0.25) is 0 Å². The van der Waals surface area contributed by atoms with Gasteiger partial charge in [0.05, 0.1) is 5.71 Å². The Kier molecular flexibility index (Phi) is 7.88. The summed E-state index contributed by atoms with van der Waals surface area (Å²) in [4.78, 5) is 22.8. The first-order valence-electron chi connectivity index (χ1n) is 12.1. The quantitative estimate of drug-likeness (QED) is 0.243.